The van der Waals surface area contributed by atoms with Crippen molar-refractivity contribution >= 4 is 23.7 Å². The molecule has 0 spiro atoms. The number of benzene rings is 1. The third-order valence-corrected chi connectivity index (χ3v) is 6.34. The summed E-state index contributed by atoms with van der Waals surface area (Å²) in [5, 5.41) is 9.90. The van der Waals surface area contributed by atoms with Crippen LogP contribution in [0.25, 0.3) is 0 Å². The number of carbonyl (C=O) groups is 3. The van der Waals surface area contributed by atoms with Crippen LogP contribution in [-0.2, 0) is 15.1 Å². The molecule has 164 valence electrons. The van der Waals surface area contributed by atoms with Gasteiger partial charge in [0.1, 0.15) is 17.9 Å². The minimum Gasteiger partial charge on any atom is -0.319 e. The largest absolute Gasteiger partial charge is 0.325 e. The van der Waals surface area contributed by atoms with Gasteiger partial charge in [-0.3, -0.25) is 14.5 Å². The molecule has 31 heavy (non-hydrogen) atoms. The predicted molar refractivity (Wildman–Crippen MR) is 116 cm³/mol. The molecule has 0 radical (unpaired) electrons. The fourth-order valence-electron chi connectivity index (χ4n) is 4.42. The average Bonchev–Trinajstić information content (AvgIpc) is 3.46. The van der Waals surface area contributed by atoms with Crippen molar-refractivity contribution in [3.05, 3.63) is 47.7 Å². The number of nitrogens with zero attached hydrogens (tertiary/aromatic N) is 3. The van der Waals surface area contributed by atoms with Crippen LogP contribution in [0.1, 0.15) is 69.5 Å². The molecule has 1 aromatic carbocycles. The Hall–Kier alpha value is -3.16. The van der Waals surface area contributed by atoms with Gasteiger partial charge in [-0.2, -0.15) is 5.10 Å². The predicted octanol–water partition coefficient (Wildman–Crippen LogP) is 3.53. The first-order valence-electron chi connectivity index (χ1n) is 10.9. The topological polar surface area (TPSA) is 96.3 Å². The van der Waals surface area contributed by atoms with E-state index in [0.29, 0.717) is 17.3 Å². The van der Waals surface area contributed by atoms with Gasteiger partial charge in [0.2, 0.25) is 5.91 Å². The summed E-state index contributed by atoms with van der Waals surface area (Å²) >= 11 is 0. The lowest BCUT2D eigenvalue weighted by atomic mass is 9.90. The molecule has 2 heterocycles. The van der Waals surface area contributed by atoms with E-state index in [-0.39, 0.29) is 12.6 Å². The first kappa shape index (κ1) is 21.1. The van der Waals surface area contributed by atoms with Crippen LogP contribution in [0.4, 0.5) is 10.6 Å². The van der Waals surface area contributed by atoms with E-state index in [2.05, 4.69) is 29.6 Å². The zero-order chi connectivity index (χ0) is 22.2. The van der Waals surface area contributed by atoms with Gasteiger partial charge in [-0.1, -0.05) is 51.0 Å². The lowest BCUT2D eigenvalue weighted by Crippen LogP contribution is -2.42. The number of carbonyl (C=O) groups excluding carboxylic acids is 3. The van der Waals surface area contributed by atoms with Gasteiger partial charge in [0.15, 0.2) is 0 Å². The van der Waals surface area contributed by atoms with Gasteiger partial charge in [0.25, 0.3) is 5.91 Å². The fourth-order valence-corrected chi connectivity index (χ4v) is 4.42. The molecule has 1 aliphatic heterocycles. The molecule has 1 aliphatic carbocycles. The van der Waals surface area contributed by atoms with Crippen LogP contribution >= 0.6 is 0 Å². The first-order chi connectivity index (χ1) is 14.8. The second-order valence-electron chi connectivity index (χ2n) is 8.87. The summed E-state index contributed by atoms with van der Waals surface area (Å²) in [4.78, 5) is 39.3. The quantitative estimate of drug-likeness (QED) is 0.695. The minimum absolute atomic E-state index is 0.277. The highest BCUT2D eigenvalue weighted by molar-refractivity contribution is 6.10. The molecule has 2 fully saturated rings. The van der Waals surface area contributed by atoms with Crippen LogP contribution in [-0.4, -0.2) is 39.1 Å². The molecule has 1 atom stereocenters. The number of aromatic nitrogens is 2. The van der Waals surface area contributed by atoms with Crippen molar-refractivity contribution in [2.75, 3.05) is 11.9 Å². The number of anilines is 1. The summed E-state index contributed by atoms with van der Waals surface area (Å²) in [5.41, 5.74) is 0.648. The maximum absolute atomic E-state index is 13.1. The second kappa shape index (κ2) is 8.17. The molecular formula is C23H29N5O3. The van der Waals surface area contributed by atoms with Gasteiger partial charge in [-0.25, -0.2) is 9.48 Å². The van der Waals surface area contributed by atoms with Gasteiger partial charge in [0.05, 0.1) is 12.2 Å². The Labute approximate surface area is 182 Å². The highest BCUT2D eigenvalue weighted by atomic mass is 16.2. The third kappa shape index (κ3) is 3.94. The Morgan fingerprint density at radius 1 is 1.19 bits per heavy atom. The zero-order valence-corrected chi connectivity index (χ0v) is 18.2. The van der Waals surface area contributed by atoms with Gasteiger partial charge >= 0.3 is 6.03 Å². The molecule has 1 saturated carbocycles. The molecular weight excluding hydrogens is 394 g/mol. The number of hydrogen-bond acceptors (Lipinski definition) is 4. The minimum atomic E-state index is -1.20. The lowest BCUT2D eigenvalue weighted by Gasteiger charge is -2.23. The number of urea groups is 1. The number of imide groups is 1. The van der Waals surface area contributed by atoms with E-state index < -0.39 is 23.4 Å². The van der Waals surface area contributed by atoms with E-state index in [1.807, 2.05) is 28.9 Å². The van der Waals surface area contributed by atoms with Crippen LogP contribution in [0.5, 0.6) is 0 Å². The highest BCUT2D eigenvalue weighted by Crippen LogP contribution is 2.32. The van der Waals surface area contributed by atoms with E-state index in [1.54, 1.807) is 19.2 Å². The molecule has 4 amide bonds. The number of hydrogen-bond donors (Lipinski definition) is 2. The van der Waals surface area contributed by atoms with Crippen molar-refractivity contribution in [1.82, 2.24) is 20.0 Å². The van der Waals surface area contributed by atoms with Crippen molar-refractivity contribution < 1.29 is 14.4 Å². The lowest BCUT2D eigenvalue weighted by molar-refractivity contribution is -0.133. The number of rotatable bonds is 6. The first-order valence-corrected chi connectivity index (χ1v) is 10.9. The van der Waals surface area contributed by atoms with Gasteiger partial charge < -0.3 is 10.6 Å². The Kier molecular flexibility index (Phi) is 5.56. The molecule has 2 N–H and O–H groups in total. The van der Waals surface area contributed by atoms with Crippen LogP contribution in [0.15, 0.2) is 36.5 Å². The van der Waals surface area contributed by atoms with Gasteiger partial charge in [0, 0.05) is 6.07 Å². The van der Waals surface area contributed by atoms with Crippen LogP contribution < -0.4 is 10.6 Å². The summed E-state index contributed by atoms with van der Waals surface area (Å²) in [6.07, 6.45) is 6.02. The van der Waals surface area contributed by atoms with E-state index in [1.165, 1.54) is 0 Å². The molecule has 2 aliphatic rings. The van der Waals surface area contributed by atoms with E-state index in [0.717, 1.165) is 36.1 Å². The summed E-state index contributed by atoms with van der Waals surface area (Å²) in [5.74, 6) is 0.0986. The maximum atomic E-state index is 13.1. The van der Waals surface area contributed by atoms with Crippen molar-refractivity contribution in [1.29, 1.82) is 0 Å². The molecule has 8 nitrogen and oxygen atoms in total. The number of nitrogens with one attached hydrogen (secondary N) is 2. The Bertz CT molecular complexity index is 991. The number of amides is 4. The second-order valence-corrected chi connectivity index (χ2v) is 8.87. The molecule has 8 heteroatoms. The SMILES string of the molecule is CC(C)c1ccc(C2(C)NC(=O)N(CC(=O)Nc3ccnn3C3CCCC3)C2=O)cc1. The van der Waals surface area contributed by atoms with Crippen molar-refractivity contribution in [3.63, 3.8) is 0 Å². The van der Waals surface area contributed by atoms with Crippen molar-refractivity contribution in [2.24, 2.45) is 0 Å². The Morgan fingerprint density at radius 3 is 2.52 bits per heavy atom. The fraction of sp³-hybridized carbons (Fsp3) is 0.478. The monoisotopic (exact) mass is 423 g/mol. The molecule has 1 unspecified atom stereocenters. The smallest absolute Gasteiger partial charge is 0.319 e. The van der Waals surface area contributed by atoms with Gasteiger partial charge in [-0.05, 0) is 36.8 Å². The van der Waals surface area contributed by atoms with Gasteiger partial charge in [-0.15, -0.1) is 0 Å². The maximum Gasteiger partial charge on any atom is 0.325 e. The Morgan fingerprint density at radius 2 is 1.87 bits per heavy atom. The Balaban J connectivity index is 1.46. The van der Waals surface area contributed by atoms with Crippen molar-refractivity contribution in [3.8, 4) is 0 Å². The third-order valence-electron chi connectivity index (χ3n) is 6.34. The van der Waals surface area contributed by atoms with E-state index in [4.69, 9.17) is 0 Å². The van der Waals surface area contributed by atoms with Crippen molar-refractivity contribution in [2.45, 2.75) is 64.0 Å². The molecule has 4 rings (SSSR count). The van der Waals surface area contributed by atoms with Crippen LogP contribution in [0.2, 0.25) is 0 Å². The molecule has 0 bridgehead atoms. The van der Waals surface area contributed by atoms with Crippen LogP contribution in [0, 0.1) is 0 Å². The van der Waals surface area contributed by atoms with E-state index in [9.17, 15) is 14.4 Å². The molecule has 2 aromatic rings. The normalized spacial score (nSPS) is 21.7. The summed E-state index contributed by atoms with van der Waals surface area (Å²) < 4.78 is 1.83. The molecule has 1 aromatic heterocycles. The zero-order valence-electron chi connectivity index (χ0n) is 18.2. The highest BCUT2D eigenvalue weighted by Gasteiger charge is 2.49. The standard InChI is InChI=1S/C23H29N5O3/c1-15(2)16-8-10-17(11-9-16)23(3)21(30)27(22(31)26-23)14-20(29)25-19-12-13-24-28(19)18-6-4-5-7-18/h8-13,15,18H,4-7,14H2,1-3H3,(H,25,29)(H,26,31). The average molecular weight is 424 g/mol. The molecule has 1 saturated heterocycles. The summed E-state index contributed by atoms with van der Waals surface area (Å²) in [6, 6.07) is 9.09. The summed E-state index contributed by atoms with van der Waals surface area (Å²) in [7, 11) is 0. The summed E-state index contributed by atoms with van der Waals surface area (Å²) in [6.45, 7) is 5.52. The van der Waals surface area contributed by atoms with E-state index >= 15 is 0 Å². The van der Waals surface area contributed by atoms with Crippen LogP contribution in [0.3, 0.4) is 0 Å².